The zero-order valence-corrected chi connectivity index (χ0v) is 10.3. The Hall–Kier alpha value is -0.700. The van der Waals surface area contributed by atoms with Crippen LogP contribution in [0.4, 0.5) is 8.78 Å². The molecule has 0 aliphatic rings. The van der Waals surface area contributed by atoms with Crippen molar-refractivity contribution in [2.45, 2.75) is 13.8 Å². The van der Waals surface area contributed by atoms with E-state index in [0.29, 0.717) is 16.8 Å². The summed E-state index contributed by atoms with van der Waals surface area (Å²) in [5.41, 5.74) is 1.51. The van der Waals surface area contributed by atoms with Gasteiger partial charge in [-0.1, -0.05) is 41.4 Å². The predicted octanol–water partition coefficient (Wildman–Crippen LogP) is 4.40. The molecule has 0 atom stereocenters. The van der Waals surface area contributed by atoms with Crippen LogP contribution in [0, 0.1) is 17.6 Å². The number of alkyl halides is 1. The van der Waals surface area contributed by atoms with Crippen LogP contribution in [0.1, 0.15) is 19.4 Å². The molecule has 0 bridgehead atoms. The van der Waals surface area contributed by atoms with Crippen LogP contribution in [0.2, 0.25) is 0 Å². The lowest BCUT2D eigenvalue weighted by Gasteiger charge is -2.08. The van der Waals surface area contributed by atoms with Crippen molar-refractivity contribution in [1.29, 1.82) is 0 Å². The van der Waals surface area contributed by atoms with E-state index < -0.39 is 11.6 Å². The smallest absolute Gasteiger partial charge is 0.133 e. The molecule has 82 valence electrons. The summed E-state index contributed by atoms with van der Waals surface area (Å²) in [6.45, 7) is 4.07. The van der Waals surface area contributed by atoms with Crippen molar-refractivity contribution in [1.82, 2.24) is 0 Å². The van der Waals surface area contributed by atoms with Gasteiger partial charge in [0, 0.05) is 17.0 Å². The van der Waals surface area contributed by atoms with Gasteiger partial charge in [0.15, 0.2) is 0 Å². The predicted molar refractivity (Wildman–Crippen MR) is 63.0 cm³/mol. The van der Waals surface area contributed by atoms with Crippen LogP contribution in [-0.4, -0.2) is 5.33 Å². The van der Waals surface area contributed by atoms with Crippen LogP contribution >= 0.6 is 15.9 Å². The molecule has 15 heavy (non-hydrogen) atoms. The lowest BCUT2D eigenvalue weighted by molar-refractivity contribution is 0.581. The second kappa shape index (κ2) is 5.40. The molecule has 0 aliphatic heterocycles. The summed E-state index contributed by atoms with van der Waals surface area (Å²) in [6, 6.07) is 3.62. The van der Waals surface area contributed by atoms with E-state index in [2.05, 4.69) is 15.9 Å². The third-order valence-electron chi connectivity index (χ3n) is 2.20. The summed E-state index contributed by atoms with van der Waals surface area (Å²) in [4.78, 5) is 0. The van der Waals surface area contributed by atoms with E-state index in [1.807, 2.05) is 13.8 Å². The van der Waals surface area contributed by atoms with Crippen molar-refractivity contribution in [3.05, 3.63) is 41.0 Å². The first-order valence-electron chi connectivity index (χ1n) is 4.76. The lowest BCUT2D eigenvalue weighted by atomic mass is 10.0. The van der Waals surface area contributed by atoms with Gasteiger partial charge in [-0.15, -0.1) is 0 Å². The van der Waals surface area contributed by atoms with Crippen molar-refractivity contribution >= 4 is 22.0 Å². The Kier molecular flexibility index (Phi) is 4.45. The highest BCUT2D eigenvalue weighted by Crippen LogP contribution is 2.19. The SMILES string of the molecule is CC(C)C(=Cc1ccc(F)cc1F)CBr. The highest BCUT2D eigenvalue weighted by atomic mass is 79.9. The van der Waals surface area contributed by atoms with Crippen molar-refractivity contribution in [2.24, 2.45) is 5.92 Å². The van der Waals surface area contributed by atoms with Crippen LogP contribution in [0.15, 0.2) is 23.8 Å². The zero-order valence-electron chi connectivity index (χ0n) is 8.73. The highest BCUT2D eigenvalue weighted by Gasteiger charge is 2.05. The molecule has 0 aromatic heterocycles. The number of rotatable bonds is 3. The summed E-state index contributed by atoms with van der Waals surface area (Å²) in [5.74, 6) is -0.725. The second-order valence-corrected chi connectivity index (χ2v) is 4.23. The van der Waals surface area contributed by atoms with E-state index in [9.17, 15) is 8.78 Å². The molecular weight excluding hydrogens is 262 g/mol. The van der Waals surface area contributed by atoms with Crippen molar-refractivity contribution in [3.63, 3.8) is 0 Å². The van der Waals surface area contributed by atoms with E-state index >= 15 is 0 Å². The fourth-order valence-corrected chi connectivity index (χ4v) is 1.99. The summed E-state index contributed by atoms with van der Waals surface area (Å²) in [6.07, 6.45) is 1.76. The Balaban J connectivity index is 3.06. The monoisotopic (exact) mass is 274 g/mol. The van der Waals surface area contributed by atoms with Gasteiger partial charge in [0.2, 0.25) is 0 Å². The van der Waals surface area contributed by atoms with E-state index in [1.54, 1.807) is 6.08 Å². The van der Waals surface area contributed by atoms with Gasteiger partial charge in [0.05, 0.1) is 0 Å². The standard InChI is InChI=1S/C12H13BrF2/c1-8(2)10(7-13)5-9-3-4-11(14)6-12(9)15/h3-6,8H,7H2,1-2H3. The maximum atomic E-state index is 13.3. The van der Waals surface area contributed by atoms with E-state index in [1.165, 1.54) is 12.1 Å². The molecule has 1 rings (SSSR count). The Morgan fingerprint density at radius 3 is 2.53 bits per heavy atom. The van der Waals surface area contributed by atoms with Crippen LogP contribution in [0.3, 0.4) is 0 Å². The molecular formula is C12H13BrF2. The lowest BCUT2D eigenvalue weighted by Crippen LogP contribution is -1.96. The van der Waals surface area contributed by atoms with Crippen LogP contribution < -0.4 is 0 Å². The number of hydrogen-bond acceptors (Lipinski definition) is 0. The number of benzene rings is 1. The van der Waals surface area contributed by atoms with Crippen molar-refractivity contribution in [3.8, 4) is 0 Å². The molecule has 0 unspecified atom stereocenters. The Morgan fingerprint density at radius 2 is 2.07 bits per heavy atom. The number of hydrogen-bond donors (Lipinski definition) is 0. The van der Waals surface area contributed by atoms with E-state index in [-0.39, 0.29) is 0 Å². The highest BCUT2D eigenvalue weighted by molar-refractivity contribution is 9.09. The molecule has 0 radical (unpaired) electrons. The summed E-state index contributed by atoms with van der Waals surface area (Å²) < 4.78 is 26.0. The molecule has 0 amide bonds. The summed E-state index contributed by atoms with van der Waals surface area (Å²) in [5, 5.41) is 0.696. The van der Waals surface area contributed by atoms with Gasteiger partial charge in [-0.3, -0.25) is 0 Å². The number of halogens is 3. The topological polar surface area (TPSA) is 0 Å². The average Bonchev–Trinajstić information content (AvgIpc) is 2.16. The molecule has 0 aliphatic carbocycles. The third-order valence-corrected chi connectivity index (χ3v) is 2.85. The average molecular weight is 275 g/mol. The Morgan fingerprint density at radius 1 is 1.40 bits per heavy atom. The molecule has 0 N–H and O–H groups in total. The van der Waals surface area contributed by atoms with Gasteiger partial charge in [-0.25, -0.2) is 8.78 Å². The van der Waals surface area contributed by atoms with Gasteiger partial charge < -0.3 is 0 Å². The van der Waals surface area contributed by atoms with E-state index in [0.717, 1.165) is 11.6 Å². The second-order valence-electron chi connectivity index (χ2n) is 3.67. The van der Waals surface area contributed by atoms with Gasteiger partial charge in [-0.05, 0) is 18.1 Å². The van der Waals surface area contributed by atoms with Gasteiger partial charge in [-0.2, -0.15) is 0 Å². The largest absolute Gasteiger partial charge is 0.207 e. The third kappa shape index (κ3) is 3.42. The summed E-state index contributed by atoms with van der Waals surface area (Å²) >= 11 is 3.35. The van der Waals surface area contributed by atoms with Gasteiger partial charge in [0.25, 0.3) is 0 Å². The van der Waals surface area contributed by atoms with E-state index in [4.69, 9.17) is 0 Å². The maximum Gasteiger partial charge on any atom is 0.133 e. The molecule has 0 saturated carbocycles. The molecule has 1 aromatic rings. The first-order chi connectivity index (χ1) is 7.04. The first kappa shape index (κ1) is 12.4. The fourth-order valence-electron chi connectivity index (χ4n) is 1.18. The molecule has 1 aromatic carbocycles. The van der Waals surface area contributed by atoms with Crippen LogP contribution in [-0.2, 0) is 0 Å². The minimum atomic E-state index is -0.547. The minimum Gasteiger partial charge on any atom is -0.207 e. The number of allylic oxidation sites excluding steroid dienone is 1. The zero-order chi connectivity index (χ0) is 11.4. The van der Waals surface area contributed by atoms with Gasteiger partial charge >= 0.3 is 0 Å². The molecule has 0 heterocycles. The first-order valence-corrected chi connectivity index (χ1v) is 5.88. The normalized spacial score (nSPS) is 12.3. The molecule has 3 heteroatoms. The Bertz CT molecular complexity index is 370. The summed E-state index contributed by atoms with van der Waals surface area (Å²) in [7, 11) is 0. The molecule has 0 nitrogen and oxygen atoms in total. The molecule has 0 spiro atoms. The maximum absolute atomic E-state index is 13.3. The Labute approximate surface area is 97.1 Å². The van der Waals surface area contributed by atoms with Gasteiger partial charge in [0.1, 0.15) is 11.6 Å². The molecule has 0 saturated heterocycles. The van der Waals surface area contributed by atoms with Crippen molar-refractivity contribution < 1.29 is 8.78 Å². The molecule has 0 fully saturated rings. The van der Waals surface area contributed by atoms with Crippen LogP contribution in [0.25, 0.3) is 6.08 Å². The van der Waals surface area contributed by atoms with Crippen LogP contribution in [0.5, 0.6) is 0 Å². The van der Waals surface area contributed by atoms with Crippen molar-refractivity contribution in [2.75, 3.05) is 5.33 Å². The minimum absolute atomic E-state index is 0.342. The fraction of sp³-hybridized carbons (Fsp3) is 0.333. The quantitative estimate of drug-likeness (QED) is 0.717.